The number of nitrogens with zero attached hydrogens (tertiary/aromatic N) is 2. The van der Waals surface area contributed by atoms with Crippen LogP contribution in [0.5, 0.6) is 5.75 Å². The molecule has 0 heterocycles. The van der Waals surface area contributed by atoms with E-state index in [1.54, 1.807) is 30.3 Å². The number of ether oxygens (including phenoxy) is 1. The second-order valence-electron chi connectivity index (χ2n) is 5.83. The molecule has 26 heavy (non-hydrogen) atoms. The Kier molecular flexibility index (Phi) is 6.36. The second-order valence-corrected chi connectivity index (χ2v) is 6.68. The van der Waals surface area contributed by atoms with Crippen molar-refractivity contribution in [2.24, 2.45) is 11.7 Å². The number of hydrogen-bond acceptors (Lipinski definition) is 5. The predicted octanol–water partition coefficient (Wildman–Crippen LogP) is 3.14. The van der Waals surface area contributed by atoms with E-state index in [0.29, 0.717) is 21.5 Å². The fourth-order valence-electron chi connectivity index (χ4n) is 2.36. The maximum absolute atomic E-state index is 12.1. The Morgan fingerprint density at radius 2 is 1.88 bits per heavy atom. The van der Waals surface area contributed by atoms with Crippen LogP contribution in [-0.4, -0.2) is 23.9 Å². The van der Waals surface area contributed by atoms with Crippen LogP contribution in [-0.2, 0) is 6.61 Å². The van der Waals surface area contributed by atoms with Crippen LogP contribution >= 0.6 is 15.9 Å². The molecular weight excluding hydrogens is 400 g/mol. The fraction of sp³-hybridized carbons (Fsp3) is 0.222. The molecule has 0 fully saturated rings. The molecule has 2 amide bonds. The van der Waals surface area contributed by atoms with Crippen molar-refractivity contribution in [3.63, 3.8) is 0 Å². The first-order valence-electron chi connectivity index (χ1n) is 7.81. The fourth-order valence-corrected chi connectivity index (χ4v) is 2.85. The summed E-state index contributed by atoms with van der Waals surface area (Å²) < 4.78 is 6.54. The third kappa shape index (κ3) is 4.40. The third-order valence-electron chi connectivity index (χ3n) is 3.86. The van der Waals surface area contributed by atoms with E-state index in [1.807, 2.05) is 13.0 Å². The van der Waals surface area contributed by atoms with Gasteiger partial charge in [-0.3, -0.25) is 9.80 Å². The summed E-state index contributed by atoms with van der Waals surface area (Å²) in [6, 6.07) is 10.0. The topological polar surface area (TPSA) is 102 Å². The van der Waals surface area contributed by atoms with Crippen molar-refractivity contribution in [2.75, 3.05) is 12.1 Å². The minimum Gasteiger partial charge on any atom is -0.488 e. The lowest BCUT2D eigenvalue weighted by atomic mass is 10.1. The molecule has 4 N–H and O–H groups in total. The Labute approximate surface area is 160 Å². The normalized spacial score (nSPS) is 10.4. The van der Waals surface area contributed by atoms with Crippen molar-refractivity contribution in [2.45, 2.75) is 20.5 Å². The predicted molar refractivity (Wildman–Crippen MR) is 104 cm³/mol. The maximum atomic E-state index is 12.1. The average molecular weight is 421 g/mol. The van der Waals surface area contributed by atoms with Gasteiger partial charge in [-0.2, -0.15) is 0 Å². The van der Waals surface area contributed by atoms with Crippen LogP contribution in [0.3, 0.4) is 0 Å². The van der Waals surface area contributed by atoms with Crippen molar-refractivity contribution in [3.05, 3.63) is 57.6 Å². The number of rotatable bonds is 5. The Hall–Kier alpha value is -2.42. The van der Waals surface area contributed by atoms with Gasteiger partial charge < -0.3 is 4.74 Å². The second kappa shape index (κ2) is 8.31. The van der Waals surface area contributed by atoms with E-state index in [-0.39, 0.29) is 12.4 Å². The highest BCUT2D eigenvalue weighted by Gasteiger charge is 2.19. The number of carbonyl (C=O) groups excluding carboxylic acids is 2. The summed E-state index contributed by atoms with van der Waals surface area (Å²) in [7, 11) is 1.42. The SMILES string of the molecule is CC(=O)c1ccc(OCc2c(C)cccc2N(N)C(=O)N(C)N)c(Br)c1. The van der Waals surface area contributed by atoms with E-state index in [1.165, 1.54) is 14.0 Å². The number of hydrogen-bond donors (Lipinski definition) is 2. The number of Topliss-reactive ketones (excluding diaryl/α,β-unsaturated/α-hetero) is 1. The summed E-state index contributed by atoms with van der Waals surface area (Å²) >= 11 is 3.41. The Balaban J connectivity index is 2.27. The molecule has 0 unspecified atom stereocenters. The molecule has 0 bridgehead atoms. The number of anilines is 1. The van der Waals surface area contributed by atoms with Gasteiger partial charge in [0.2, 0.25) is 0 Å². The van der Waals surface area contributed by atoms with Crippen LogP contribution in [0.2, 0.25) is 0 Å². The molecule has 0 aliphatic rings. The van der Waals surface area contributed by atoms with Crippen LogP contribution < -0.4 is 21.4 Å². The molecule has 0 atom stereocenters. The summed E-state index contributed by atoms with van der Waals surface area (Å²) in [6.45, 7) is 3.60. The molecule has 0 aliphatic heterocycles. The molecule has 138 valence electrons. The number of hydrazine groups is 2. The van der Waals surface area contributed by atoms with Crippen molar-refractivity contribution in [1.29, 1.82) is 0 Å². The van der Waals surface area contributed by atoms with Crippen molar-refractivity contribution < 1.29 is 14.3 Å². The van der Waals surface area contributed by atoms with Gasteiger partial charge in [0.05, 0.1) is 10.2 Å². The molecule has 2 aromatic carbocycles. The van der Waals surface area contributed by atoms with E-state index >= 15 is 0 Å². The number of urea groups is 1. The van der Waals surface area contributed by atoms with Gasteiger partial charge in [-0.1, -0.05) is 12.1 Å². The van der Waals surface area contributed by atoms with Crippen LogP contribution in [0.4, 0.5) is 10.5 Å². The van der Waals surface area contributed by atoms with E-state index in [9.17, 15) is 9.59 Å². The standard InChI is InChI=1S/C18H21BrN4O3/c1-11-5-4-6-16(23(21)18(25)22(3)20)14(11)10-26-17-8-7-13(12(2)24)9-15(17)19/h4-9H,10,20-21H2,1-3H3. The average Bonchev–Trinajstić information content (AvgIpc) is 2.59. The van der Waals surface area contributed by atoms with Gasteiger partial charge >= 0.3 is 6.03 Å². The van der Waals surface area contributed by atoms with Gasteiger partial charge in [0.15, 0.2) is 5.78 Å². The Morgan fingerprint density at radius 1 is 1.19 bits per heavy atom. The van der Waals surface area contributed by atoms with E-state index in [2.05, 4.69) is 15.9 Å². The first-order valence-corrected chi connectivity index (χ1v) is 8.60. The van der Waals surface area contributed by atoms with Gasteiger partial charge in [0.25, 0.3) is 0 Å². The van der Waals surface area contributed by atoms with Crippen LogP contribution in [0, 0.1) is 6.92 Å². The highest BCUT2D eigenvalue weighted by Crippen LogP contribution is 2.29. The smallest absolute Gasteiger partial charge is 0.352 e. The largest absolute Gasteiger partial charge is 0.488 e. The highest BCUT2D eigenvalue weighted by atomic mass is 79.9. The van der Waals surface area contributed by atoms with Gasteiger partial charge in [0.1, 0.15) is 12.4 Å². The van der Waals surface area contributed by atoms with E-state index in [4.69, 9.17) is 16.4 Å². The number of carbonyl (C=O) groups is 2. The minimum atomic E-state index is -0.552. The molecule has 0 aliphatic carbocycles. The number of nitrogens with two attached hydrogens (primary N) is 2. The molecule has 0 saturated heterocycles. The first kappa shape index (κ1) is 19.9. The van der Waals surface area contributed by atoms with Crippen molar-refractivity contribution in [1.82, 2.24) is 5.01 Å². The Morgan fingerprint density at radius 3 is 2.46 bits per heavy atom. The molecule has 0 radical (unpaired) electrons. The van der Waals surface area contributed by atoms with Gasteiger partial charge in [-0.25, -0.2) is 21.5 Å². The number of benzene rings is 2. The summed E-state index contributed by atoms with van der Waals surface area (Å²) in [4.78, 5) is 23.5. The van der Waals surface area contributed by atoms with Crippen LogP contribution in [0.1, 0.15) is 28.4 Å². The number of amides is 2. The minimum absolute atomic E-state index is 0.0263. The zero-order valence-electron chi connectivity index (χ0n) is 14.8. The molecule has 2 rings (SSSR count). The first-order chi connectivity index (χ1) is 12.2. The molecule has 2 aromatic rings. The third-order valence-corrected chi connectivity index (χ3v) is 4.48. The van der Waals surface area contributed by atoms with Gasteiger partial charge in [0, 0.05) is 18.2 Å². The zero-order valence-corrected chi connectivity index (χ0v) is 16.4. The molecular formula is C18H21BrN4O3. The summed E-state index contributed by atoms with van der Waals surface area (Å²) in [6.07, 6.45) is 0. The number of aryl methyl sites for hydroxylation is 1. The molecule has 7 nitrogen and oxygen atoms in total. The van der Waals surface area contributed by atoms with Crippen LogP contribution in [0.25, 0.3) is 0 Å². The summed E-state index contributed by atoms with van der Waals surface area (Å²) in [5.41, 5.74) is 2.77. The quantitative estimate of drug-likeness (QED) is 0.334. The molecule has 0 spiro atoms. The molecule has 0 saturated carbocycles. The summed E-state index contributed by atoms with van der Waals surface area (Å²) in [5, 5.41) is 1.89. The lowest BCUT2D eigenvalue weighted by molar-refractivity contribution is 0.101. The summed E-state index contributed by atoms with van der Waals surface area (Å²) in [5.74, 6) is 12.0. The molecule has 8 heteroatoms. The maximum Gasteiger partial charge on any atom is 0.352 e. The van der Waals surface area contributed by atoms with Gasteiger partial charge in [-0.15, -0.1) is 0 Å². The van der Waals surface area contributed by atoms with E-state index in [0.717, 1.165) is 21.1 Å². The monoisotopic (exact) mass is 420 g/mol. The zero-order chi connectivity index (χ0) is 19.4. The van der Waals surface area contributed by atoms with E-state index < -0.39 is 6.03 Å². The van der Waals surface area contributed by atoms with Crippen molar-refractivity contribution in [3.8, 4) is 5.75 Å². The lowest BCUT2D eigenvalue weighted by Crippen LogP contribution is -2.49. The number of halogens is 1. The highest BCUT2D eigenvalue weighted by molar-refractivity contribution is 9.10. The van der Waals surface area contributed by atoms with Crippen molar-refractivity contribution >= 4 is 33.4 Å². The van der Waals surface area contributed by atoms with Gasteiger partial charge in [-0.05, 0) is 59.6 Å². The lowest BCUT2D eigenvalue weighted by Gasteiger charge is -2.24. The molecule has 0 aromatic heterocycles. The Bertz CT molecular complexity index is 839. The van der Waals surface area contributed by atoms with Crippen LogP contribution in [0.15, 0.2) is 40.9 Å². The number of ketones is 1.